The molecule has 0 spiro atoms. The number of carbonyl (C=O) groups excluding carboxylic acids is 2. The van der Waals surface area contributed by atoms with Gasteiger partial charge < -0.3 is 9.47 Å². The van der Waals surface area contributed by atoms with E-state index in [4.69, 9.17) is 21.1 Å². The Kier molecular flexibility index (Phi) is 6.21. The number of ether oxygens (including phenoxy) is 2. The maximum Gasteiger partial charge on any atom is 0.349 e. The highest BCUT2D eigenvalue weighted by Crippen LogP contribution is 2.21. The summed E-state index contributed by atoms with van der Waals surface area (Å²) in [6, 6.07) is 13.9. The lowest BCUT2D eigenvalue weighted by atomic mass is 10.0. The largest absolute Gasteiger partial charge is 0.476 e. The highest BCUT2D eigenvalue weighted by Gasteiger charge is 2.31. The summed E-state index contributed by atoms with van der Waals surface area (Å²) in [7, 11) is 0. The molecule has 0 radical (unpaired) electrons. The number of esters is 1. The number of hydrogen-bond acceptors (Lipinski definition) is 4. The maximum atomic E-state index is 12.3. The third-order valence-corrected chi connectivity index (χ3v) is 3.85. The molecule has 0 atom stereocenters. The highest BCUT2D eigenvalue weighted by molar-refractivity contribution is 6.30. The van der Waals surface area contributed by atoms with E-state index in [1.165, 1.54) is 0 Å². The maximum absolute atomic E-state index is 12.3. The van der Waals surface area contributed by atoms with Crippen molar-refractivity contribution in [2.75, 3.05) is 6.61 Å². The van der Waals surface area contributed by atoms with Gasteiger partial charge in [-0.25, -0.2) is 4.79 Å². The zero-order valence-electron chi connectivity index (χ0n) is 14.5. The van der Waals surface area contributed by atoms with E-state index in [1.54, 1.807) is 57.2 Å². The Morgan fingerprint density at radius 2 is 1.60 bits per heavy atom. The highest BCUT2D eigenvalue weighted by atomic mass is 35.5. The fourth-order valence-electron chi connectivity index (χ4n) is 2.24. The van der Waals surface area contributed by atoms with Gasteiger partial charge in [-0.15, -0.1) is 0 Å². The van der Waals surface area contributed by atoms with Crippen LogP contribution in [0.3, 0.4) is 0 Å². The molecule has 0 aliphatic rings. The normalized spacial score (nSPS) is 11.0. The minimum atomic E-state index is -1.09. The van der Waals surface area contributed by atoms with Crippen LogP contribution in [0, 0.1) is 0 Å². The average Bonchev–Trinajstić information content (AvgIpc) is 2.57. The van der Waals surface area contributed by atoms with E-state index in [1.807, 2.05) is 12.1 Å². The predicted octanol–water partition coefficient (Wildman–Crippen LogP) is 4.49. The first-order chi connectivity index (χ1) is 11.8. The minimum absolute atomic E-state index is 0.00137. The van der Waals surface area contributed by atoms with Crippen LogP contribution in [0.2, 0.25) is 5.02 Å². The lowest BCUT2D eigenvalue weighted by Gasteiger charge is -2.24. The van der Waals surface area contributed by atoms with Crippen molar-refractivity contribution in [2.24, 2.45) is 0 Å². The molecule has 2 rings (SSSR count). The van der Waals surface area contributed by atoms with Gasteiger partial charge in [0.05, 0.1) is 6.61 Å². The van der Waals surface area contributed by atoms with Crippen LogP contribution < -0.4 is 4.74 Å². The van der Waals surface area contributed by atoms with Crippen LogP contribution in [0.15, 0.2) is 48.5 Å². The molecule has 0 amide bonds. The van der Waals surface area contributed by atoms with Gasteiger partial charge in [-0.1, -0.05) is 23.7 Å². The summed E-state index contributed by atoms with van der Waals surface area (Å²) in [5.74, 6) is 0.0671. The molecule has 0 saturated heterocycles. The van der Waals surface area contributed by atoms with Crippen LogP contribution in [0.4, 0.5) is 0 Å². The second-order valence-electron chi connectivity index (χ2n) is 6.08. The fourth-order valence-corrected chi connectivity index (χ4v) is 2.37. The van der Waals surface area contributed by atoms with Crippen molar-refractivity contribution in [1.29, 1.82) is 0 Å². The number of halogens is 1. The van der Waals surface area contributed by atoms with Gasteiger partial charge in [-0.2, -0.15) is 0 Å². The van der Waals surface area contributed by atoms with Crippen molar-refractivity contribution in [3.63, 3.8) is 0 Å². The molecule has 0 heterocycles. The van der Waals surface area contributed by atoms with Crippen molar-refractivity contribution in [3.8, 4) is 5.75 Å². The Labute approximate surface area is 152 Å². The second kappa shape index (κ2) is 8.17. The summed E-state index contributed by atoms with van der Waals surface area (Å²) in [5.41, 5.74) is 0.389. The molecule has 132 valence electrons. The van der Waals surface area contributed by atoms with Crippen LogP contribution in [-0.2, 0) is 16.0 Å². The van der Waals surface area contributed by atoms with Crippen molar-refractivity contribution in [3.05, 3.63) is 64.7 Å². The molecule has 5 heteroatoms. The van der Waals surface area contributed by atoms with Gasteiger partial charge in [-0.3, -0.25) is 4.79 Å². The van der Waals surface area contributed by atoms with E-state index in [0.29, 0.717) is 29.4 Å². The Balaban J connectivity index is 2.02. The summed E-state index contributed by atoms with van der Waals surface area (Å²) in [6.45, 7) is 5.33. The zero-order valence-corrected chi connectivity index (χ0v) is 15.3. The van der Waals surface area contributed by atoms with Gasteiger partial charge in [0.25, 0.3) is 0 Å². The Morgan fingerprint density at radius 1 is 1.00 bits per heavy atom. The lowest BCUT2D eigenvalue weighted by molar-refractivity contribution is -0.158. The van der Waals surface area contributed by atoms with Crippen molar-refractivity contribution in [2.45, 2.75) is 32.8 Å². The van der Waals surface area contributed by atoms with E-state index >= 15 is 0 Å². The molecule has 0 aliphatic carbocycles. The molecule has 0 bridgehead atoms. The quantitative estimate of drug-likeness (QED) is 0.539. The lowest BCUT2D eigenvalue weighted by Crippen LogP contribution is -2.39. The summed E-state index contributed by atoms with van der Waals surface area (Å²) < 4.78 is 10.7. The number of hydrogen-bond donors (Lipinski definition) is 0. The molecule has 0 unspecified atom stereocenters. The molecular formula is C20H21ClO4. The molecule has 25 heavy (non-hydrogen) atoms. The molecular weight excluding hydrogens is 340 g/mol. The molecule has 0 aromatic heterocycles. The first-order valence-corrected chi connectivity index (χ1v) is 8.43. The number of rotatable bonds is 7. The van der Waals surface area contributed by atoms with E-state index in [0.717, 1.165) is 5.56 Å². The van der Waals surface area contributed by atoms with Gasteiger partial charge >= 0.3 is 5.97 Å². The van der Waals surface area contributed by atoms with Crippen LogP contribution in [0.25, 0.3) is 0 Å². The number of carbonyl (C=O) groups is 2. The topological polar surface area (TPSA) is 52.6 Å². The number of benzene rings is 2. The second-order valence-corrected chi connectivity index (χ2v) is 6.52. The Morgan fingerprint density at radius 3 is 2.16 bits per heavy atom. The van der Waals surface area contributed by atoms with Gasteiger partial charge in [0, 0.05) is 17.0 Å². The van der Waals surface area contributed by atoms with E-state index < -0.39 is 11.6 Å². The predicted molar refractivity (Wildman–Crippen MR) is 97.3 cm³/mol. The SMILES string of the molecule is CCOC(=O)C(C)(C)Oc1ccc(C(=O)Cc2ccc(Cl)cc2)cc1. The summed E-state index contributed by atoms with van der Waals surface area (Å²) >= 11 is 5.85. The third-order valence-electron chi connectivity index (χ3n) is 3.59. The zero-order chi connectivity index (χ0) is 18.4. The Hall–Kier alpha value is -2.33. The Bertz CT molecular complexity index is 733. The van der Waals surface area contributed by atoms with Crippen molar-refractivity contribution < 1.29 is 19.1 Å². The van der Waals surface area contributed by atoms with E-state index in [2.05, 4.69) is 0 Å². The van der Waals surface area contributed by atoms with E-state index in [-0.39, 0.29) is 5.78 Å². The molecule has 2 aromatic rings. The van der Waals surface area contributed by atoms with Crippen molar-refractivity contribution >= 4 is 23.4 Å². The van der Waals surface area contributed by atoms with Gasteiger partial charge in [-0.05, 0) is 62.7 Å². The monoisotopic (exact) mass is 360 g/mol. The number of Topliss-reactive ketones (excluding diaryl/α,β-unsaturated/α-hetero) is 1. The van der Waals surface area contributed by atoms with Crippen molar-refractivity contribution in [1.82, 2.24) is 0 Å². The van der Waals surface area contributed by atoms with Gasteiger partial charge in [0.15, 0.2) is 11.4 Å². The first kappa shape index (κ1) is 19.0. The van der Waals surface area contributed by atoms with E-state index in [9.17, 15) is 9.59 Å². The summed E-state index contributed by atoms with van der Waals surface area (Å²) in [5, 5.41) is 0.641. The smallest absolute Gasteiger partial charge is 0.349 e. The van der Waals surface area contributed by atoms with Gasteiger partial charge in [0.1, 0.15) is 5.75 Å². The van der Waals surface area contributed by atoms with Gasteiger partial charge in [0.2, 0.25) is 0 Å². The fraction of sp³-hybridized carbons (Fsp3) is 0.300. The minimum Gasteiger partial charge on any atom is -0.476 e. The summed E-state index contributed by atoms with van der Waals surface area (Å²) in [6.07, 6.45) is 0.297. The van der Waals surface area contributed by atoms with Crippen LogP contribution in [0.5, 0.6) is 5.75 Å². The summed E-state index contributed by atoms with van der Waals surface area (Å²) in [4.78, 5) is 24.2. The van der Waals surface area contributed by atoms with Crippen LogP contribution in [-0.4, -0.2) is 24.0 Å². The molecule has 0 saturated carbocycles. The molecule has 0 N–H and O–H groups in total. The standard InChI is InChI=1S/C20H21ClO4/c1-4-24-19(23)20(2,3)25-17-11-7-15(8-12-17)18(22)13-14-5-9-16(21)10-6-14/h5-12H,4,13H2,1-3H3. The third kappa shape index (κ3) is 5.33. The van der Waals surface area contributed by atoms with Crippen LogP contribution >= 0.6 is 11.6 Å². The molecule has 0 fully saturated rings. The first-order valence-electron chi connectivity index (χ1n) is 8.06. The molecule has 2 aromatic carbocycles. The molecule has 0 aliphatic heterocycles. The molecule has 4 nitrogen and oxygen atoms in total. The van der Waals surface area contributed by atoms with Crippen LogP contribution in [0.1, 0.15) is 36.7 Å². The number of ketones is 1. The average molecular weight is 361 g/mol.